The van der Waals surface area contributed by atoms with Gasteiger partial charge in [0.1, 0.15) is 29.3 Å². The fraction of sp³-hybridized carbons (Fsp3) is 0.441. The summed E-state index contributed by atoms with van der Waals surface area (Å²) in [6.07, 6.45) is 0.0488. The summed E-state index contributed by atoms with van der Waals surface area (Å²) in [7, 11) is 0. The first-order chi connectivity index (χ1) is 20.9. The lowest BCUT2D eigenvalue weighted by atomic mass is 9.99. The predicted molar refractivity (Wildman–Crippen MR) is 171 cm³/mol. The lowest BCUT2D eigenvalue weighted by Crippen LogP contribution is -2.55. The quantitative estimate of drug-likeness (QED) is 0.226. The molecule has 11 nitrogen and oxygen atoms in total. The van der Waals surface area contributed by atoms with Gasteiger partial charge < -0.3 is 30.7 Å². The molecule has 0 radical (unpaired) electrons. The summed E-state index contributed by atoms with van der Waals surface area (Å²) in [6.45, 7) is 15.6. The van der Waals surface area contributed by atoms with Gasteiger partial charge in [0, 0.05) is 13.0 Å². The molecule has 3 unspecified atom stereocenters. The standard InChI is InChI=1S/C34H46N4O7/c1-9-18-38(30(41)25(21-27(35)39)37-32(43)45-34(6,7)8)28(24-17-13-14-22(2)19-24)29(40)36-26(31(42)44-33(3,4)5)20-23-15-11-10-12-16-23/h9-17,19,25-26,28H,1,18,20-21H2,2-8H3,(H2,35,39)(H,36,40)(H,37,43). The van der Waals surface area contributed by atoms with Crippen molar-refractivity contribution in [3.05, 3.63) is 83.9 Å². The van der Waals surface area contributed by atoms with E-state index >= 15 is 0 Å². The molecule has 2 aromatic rings. The third-order valence-electron chi connectivity index (χ3n) is 6.21. The van der Waals surface area contributed by atoms with Gasteiger partial charge in [0.05, 0.1) is 6.42 Å². The highest BCUT2D eigenvalue weighted by Gasteiger charge is 2.38. The molecule has 2 aromatic carbocycles. The summed E-state index contributed by atoms with van der Waals surface area (Å²) >= 11 is 0. The maximum absolute atomic E-state index is 14.3. The molecule has 0 bridgehead atoms. The Balaban J connectivity index is 2.59. The molecular formula is C34H46N4O7. The number of carbonyl (C=O) groups is 5. The van der Waals surface area contributed by atoms with E-state index in [1.54, 1.807) is 59.7 Å². The Morgan fingerprint density at radius 1 is 0.889 bits per heavy atom. The Bertz CT molecular complexity index is 1360. The van der Waals surface area contributed by atoms with E-state index in [-0.39, 0.29) is 13.0 Å². The topological polar surface area (TPSA) is 157 Å². The van der Waals surface area contributed by atoms with Gasteiger partial charge in [0.2, 0.25) is 17.7 Å². The first-order valence-corrected chi connectivity index (χ1v) is 14.7. The molecule has 0 aromatic heterocycles. The van der Waals surface area contributed by atoms with E-state index in [1.165, 1.54) is 11.0 Å². The lowest BCUT2D eigenvalue weighted by molar-refractivity contribution is -0.159. The van der Waals surface area contributed by atoms with Crippen LogP contribution in [-0.4, -0.2) is 64.5 Å². The molecule has 0 saturated carbocycles. The number of aryl methyl sites for hydroxylation is 1. The molecule has 4 amide bonds. The zero-order chi connectivity index (χ0) is 33.9. The summed E-state index contributed by atoms with van der Waals surface area (Å²) in [5, 5.41) is 5.23. The number of benzene rings is 2. The Morgan fingerprint density at radius 2 is 1.51 bits per heavy atom. The van der Waals surface area contributed by atoms with Crippen molar-refractivity contribution in [2.75, 3.05) is 6.54 Å². The average Bonchev–Trinajstić information content (AvgIpc) is 2.90. The second-order valence-electron chi connectivity index (χ2n) is 12.7. The zero-order valence-corrected chi connectivity index (χ0v) is 27.2. The van der Waals surface area contributed by atoms with Gasteiger partial charge in [-0.05, 0) is 59.6 Å². The molecule has 0 aliphatic heterocycles. The van der Waals surface area contributed by atoms with Crippen LogP contribution in [0.25, 0.3) is 0 Å². The lowest BCUT2D eigenvalue weighted by Gasteiger charge is -2.34. The first kappa shape index (κ1) is 36.5. The van der Waals surface area contributed by atoms with Crippen LogP contribution in [0.3, 0.4) is 0 Å². The maximum atomic E-state index is 14.3. The molecule has 0 fully saturated rings. The molecule has 4 N–H and O–H groups in total. The van der Waals surface area contributed by atoms with Gasteiger partial charge in [-0.3, -0.25) is 14.4 Å². The number of hydrogen-bond donors (Lipinski definition) is 3. The van der Waals surface area contributed by atoms with Crippen LogP contribution in [0, 0.1) is 6.92 Å². The van der Waals surface area contributed by atoms with Crippen molar-refractivity contribution >= 4 is 29.8 Å². The molecule has 45 heavy (non-hydrogen) atoms. The van der Waals surface area contributed by atoms with Crippen LogP contribution in [-0.2, 0) is 35.1 Å². The SMILES string of the molecule is C=CCN(C(=O)C(CC(N)=O)NC(=O)OC(C)(C)C)C(C(=O)NC(Cc1ccccc1)C(=O)OC(C)(C)C)c1cccc(C)c1. The van der Waals surface area contributed by atoms with Gasteiger partial charge in [-0.25, -0.2) is 9.59 Å². The summed E-state index contributed by atoms with van der Waals surface area (Å²) in [6, 6.07) is 12.2. The van der Waals surface area contributed by atoms with Gasteiger partial charge in [0.25, 0.3) is 0 Å². The number of nitrogens with zero attached hydrogens (tertiary/aromatic N) is 1. The van der Waals surface area contributed by atoms with E-state index < -0.39 is 65.5 Å². The maximum Gasteiger partial charge on any atom is 0.408 e. The average molecular weight is 623 g/mol. The molecule has 2 rings (SSSR count). The second kappa shape index (κ2) is 15.9. The fourth-order valence-corrected chi connectivity index (χ4v) is 4.49. The van der Waals surface area contributed by atoms with Crippen molar-refractivity contribution < 1.29 is 33.4 Å². The molecule has 3 atom stereocenters. The van der Waals surface area contributed by atoms with Crippen LogP contribution in [0.5, 0.6) is 0 Å². The number of primary amides is 1. The largest absolute Gasteiger partial charge is 0.458 e. The van der Waals surface area contributed by atoms with E-state index in [9.17, 15) is 24.0 Å². The second-order valence-corrected chi connectivity index (χ2v) is 12.7. The van der Waals surface area contributed by atoms with Gasteiger partial charge in [-0.15, -0.1) is 6.58 Å². The van der Waals surface area contributed by atoms with E-state index in [2.05, 4.69) is 17.2 Å². The van der Waals surface area contributed by atoms with Crippen molar-refractivity contribution in [3.63, 3.8) is 0 Å². The third kappa shape index (κ3) is 12.5. The first-order valence-electron chi connectivity index (χ1n) is 14.7. The summed E-state index contributed by atoms with van der Waals surface area (Å²) < 4.78 is 10.9. The molecule has 244 valence electrons. The van der Waals surface area contributed by atoms with Crippen molar-refractivity contribution in [3.8, 4) is 0 Å². The van der Waals surface area contributed by atoms with Crippen LogP contribution in [0.15, 0.2) is 67.3 Å². The Labute approximate surface area is 265 Å². The minimum absolute atomic E-state index is 0.127. The van der Waals surface area contributed by atoms with Crippen molar-refractivity contribution in [2.24, 2.45) is 5.73 Å². The summed E-state index contributed by atoms with van der Waals surface area (Å²) in [5.41, 5.74) is 5.76. The Kier molecular flexibility index (Phi) is 12.9. The van der Waals surface area contributed by atoms with E-state index in [4.69, 9.17) is 15.2 Å². The van der Waals surface area contributed by atoms with Crippen LogP contribution < -0.4 is 16.4 Å². The number of esters is 1. The minimum Gasteiger partial charge on any atom is -0.458 e. The smallest absolute Gasteiger partial charge is 0.408 e. The van der Waals surface area contributed by atoms with Gasteiger partial charge in [0.15, 0.2) is 0 Å². The van der Waals surface area contributed by atoms with Gasteiger partial charge in [-0.2, -0.15) is 0 Å². The summed E-state index contributed by atoms with van der Waals surface area (Å²) in [5.74, 6) is -2.97. The molecule has 0 saturated heterocycles. The highest BCUT2D eigenvalue weighted by Crippen LogP contribution is 2.25. The predicted octanol–water partition coefficient (Wildman–Crippen LogP) is 3.89. The Hall–Kier alpha value is -4.67. The number of rotatable bonds is 13. The number of nitrogens with two attached hydrogens (primary N) is 1. The third-order valence-corrected chi connectivity index (χ3v) is 6.21. The number of hydrogen-bond acceptors (Lipinski definition) is 7. The molecule has 11 heteroatoms. The normalized spacial score (nSPS) is 13.4. The zero-order valence-electron chi connectivity index (χ0n) is 27.2. The number of nitrogens with one attached hydrogen (secondary N) is 2. The van der Waals surface area contributed by atoms with Crippen LogP contribution >= 0.6 is 0 Å². The molecule has 0 heterocycles. The Morgan fingerprint density at radius 3 is 2.04 bits per heavy atom. The monoisotopic (exact) mass is 622 g/mol. The number of amides is 4. The van der Waals surface area contributed by atoms with Crippen LogP contribution in [0.2, 0.25) is 0 Å². The molecule has 0 aliphatic rings. The molecule has 0 spiro atoms. The van der Waals surface area contributed by atoms with Gasteiger partial charge in [-0.1, -0.05) is 66.2 Å². The number of carbonyl (C=O) groups excluding carboxylic acids is 5. The van der Waals surface area contributed by atoms with E-state index in [1.807, 2.05) is 43.3 Å². The summed E-state index contributed by atoms with van der Waals surface area (Å²) in [4.78, 5) is 67.5. The molecular weight excluding hydrogens is 576 g/mol. The highest BCUT2D eigenvalue weighted by molar-refractivity contribution is 5.95. The number of alkyl carbamates (subject to hydrolysis) is 1. The fourth-order valence-electron chi connectivity index (χ4n) is 4.49. The van der Waals surface area contributed by atoms with Crippen molar-refractivity contribution in [1.82, 2.24) is 15.5 Å². The molecule has 0 aliphatic carbocycles. The van der Waals surface area contributed by atoms with Crippen LogP contribution in [0.1, 0.15) is 70.7 Å². The van der Waals surface area contributed by atoms with Crippen molar-refractivity contribution in [1.29, 1.82) is 0 Å². The van der Waals surface area contributed by atoms with Crippen LogP contribution in [0.4, 0.5) is 4.79 Å². The minimum atomic E-state index is -1.46. The van der Waals surface area contributed by atoms with Gasteiger partial charge >= 0.3 is 12.1 Å². The highest BCUT2D eigenvalue weighted by atomic mass is 16.6. The van der Waals surface area contributed by atoms with Crippen molar-refractivity contribution in [2.45, 2.75) is 90.6 Å². The van der Waals surface area contributed by atoms with E-state index in [0.717, 1.165) is 11.1 Å². The number of ether oxygens (including phenoxy) is 2. The van der Waals surface area contributed by atoms with E-state index in [0.29, 0.717) is 5.56 Å².